The van der Waals surface area contributed by atoms with Crippen LogP contribution in [0.15, 0.2) is 83.0 Å². The van der Waals surface area contributed by atoms with Crippen LogP contribution in [-0.2, 0) is 16.1 Å². The summed E-state index contributed by atoms with van der Waals surface area (Å²) in [6, 6.07) is 21.5. The molecule has 3 aromatic rings. The first-order valence-corrected chi connectivity index (χ1v) is 10.3. The van der Waals surface area contributed by atoms with Crippen molar-refractivity contribution in [3.05, 3.63) is 99.7 Å². The van der Waals surface area contributed by atoms with Crippen LogP contribution in [0.5, 0.6) is 11.5 Å². The molecule has 1 amide bonds. The Morgan fingerprint density at radius 2 is 1.71 bits per heavy atom. The van der Waals surface area contributed by atoms with Crippen LogP contribution >= 0.6 is 15.9 Å². The molecule has 1 heterocycles. The first-order chi connectivity index (χ1) is 15.1. The monoisotopic (exact) mass is 479 g/mol. The molecular weight excluding hydrogens is 462 g/mol. The number of amides is 1. The van der Waals surface area contributed by atoms with Crippen molar-refractivity contribution in [2.45, 2.75) is 6.61 Å². The molecule has 0 atom stereocenters. The van der Waals surface area contributed by atoms with Crippen molar-refractivity contribution >= 4 is 33.9 Å². The third kappa shape index (κ3) is 5.13. The summed E-state index contributed by atoms with van der Waals surface area (Å²) in [5.41, 5.74) is 1.91. The number of fused-ring (bicyclic) bond motifs is 1. The average Bonchev–Trinajstić information content (AvgIpc) is 3.26. The largest absolute Gasteiger partial charge is 0.456 e. The molecule has 31 heavy (non-hydrogen) atoms. The molecule has 0 fully saturated rings. The Labute approximate surface area is 187 Å². The van der Waals surface area contributed by atoms with E-state index in [0.717, 1.165) is 5.56 Å². The number of rotatable bonds is 6. The summed E-state index contributed by atoms with van der Waals surface area (Å²) < 4.78 is 16.8. The zero-order valence-electron chi connectivity index (χ0n) is 16.3. The van der Waals surface area contributed by atoms with Crippen molar-refractivity contribution in [2.75, 3.05) is 6.79 Å². The van der Waals surface area contributed by atoms with E-state index in [1.54, 1.807) is 48.5 Å². The second-order valence-electron chi connectivity index (χ2n) is 6.67. The van der Waals surface area contributed by atoms with E-state index in [-0.39, 0.29) is 19.1 Å². The number of carbonyl (C=O) groups is 2. The number of hydrogen-bond donors (Lipinski definition) is 1. The molecule has 0 aromatic heterocycles. The standard InChI is InChI=1S/C24H18BrNO5/c25-19-9-5-4-8-18(19)23(27)26-20(24(28)29-14-16-6-2-1-3-7-16)12-17-10-11-21-22(13-17)31-15-30-21/h1-13H,14-15H2,(H,26,27). The summed E-state index contributed by atoms with van der Waals surface area (Å²) in [7, 11) is 0. The fourth-order valence-corrected chi connectivity index (χ4v) is 3.42. The second-order valence-corrected chi connectivity index (χ2v) is 7.52. The van der Waals surface area contributed by atoms with Crippen molar-refractivity contribution in [3.8, 4) is 11.5 Å². The van der Waals surface area contributed by atoms with Crippen LogP contribution in [0.2, 0.25) is 0 Å². The molecule has 7 heteroatoms. The molecular formula is C24H18BrNO5. The summed E-state index contributed by atoms with van der Waals surface area (Å²) in [4.78, 5) is 25.6. The quantitative estimate of drug-likeness (QED) is 0.409. The molecule has 1 aliphatic rings. The molecule has 3 aromatic carbocycles. The molecule has 0 saturated heterocycles. The lowest BCUT2D eigenvalue weighted by Gasteiger charge is -2.12. The zero-order chi connectivity index (χ0) is 21.6. The van der Waals surface area contributed by atoms with E-state index in [0.29, 0.717) is 27.1 Å². The molecule has 4 rings (SSSR count). The van der Waals surface area contributed by atoms with Gasteiger partial charge in [-0.1, -0.05) is 48.5 Å². The van der Waals surface area contributed by atoms with E-state index >= 15 is 0 Å². The highest BCUT2D eigenvalue weighted by molar-refractivity contribution is 9.10. The Hall–Kier alpha value is -3.58. The maximum absolute atomic E-state index is 12.8. The Morgan fingerprint density at radius 1 is 0.968 bits per heavy atom. The second kappa shape index (κ2) is 9.49. The van der Waals surface area contributed by atoms with Gasteiger partial charge in [-0.2, -0.15) is 0 Å². The Kier molecular flexibility index (Phi) is 6.33. The van der Waals surface area contributed by atoms with E-state index in [2.05, 4.69) is 21.2 Å². The van der Waals surface area contributed by atoms with Gasteiger partial charge >= 0.3 is 5.97 Å². The summed E-state index contributed by atoms with van der Waals surface area (Å²) in [5, 5.41) is 2.67. The lowest BCUT2D eigenvalue weighted by molar-refractivity contribution is -0.140. The van der Waals surface area contributed by atoms with E-state index < -0.39 is 11.9 Å². The van der Waals surface area contributed by atoms with Gasteiger partial charge in [0.15, 0.2) is 11.5 Å². The van der Waals surface area contributed by atoms with Gasteiger partial charge in [0.2, 0.25) is 6.79 Å². The van der Waals surface area contributed by atoms with E-state index in [4.69, 9.17) is 14.2 Å². The summed E-state index contributed by atoms with van der Waals surface area (Å²) in [5.74, 6) is 0.114. The van der Waals surface area contributed by atoms with Crippen molar-refractivity contribution < 1.29 is 23.8 Å². The maximum Gasteiger partial charge on any atom is 0.355 e. The van der Waals surface area contributed by atoms with Gasteiger partial charge in [0, 0.05) is 4.47 Å². The molecule has 0 aliphatic carbocycles. The number of halogens is 1. The lowest BCUT2D eigenvalue weighted by Crippen LogP contribution is -2.28. The minimum atomic E-state index is -0.651. The van der Waals surface area contributed by atoms with Crippen LogP contribution in [0.25, 0.3) is 6.08 Å². The highest BCUT2D eigenvalue weighted by Crippen LogP contribution is 2.33. The molecule has 1 N–H and O–H groups in total. The van der Waals surface area contributed by atoms with Gasteiger partial charge < -0.3 is 19.5 Å². The normalized spacial score (nSPS) is 12.4. The van der Waals surface area contributed by atoms with Crippen molar-refractivity contribution in [3.63, 3.8) is 0 Å². The lowest BCUT2D eigenvalue weighted by atomic mass is 10.1. The Balaban J connectivity index is 1.59. The summed E-state index contributed by atoms with van der Waals surface area (Å²) in [6.45, 7) is 0.232. The molecule has 156 valence electrons. The van der Waals surface area contributed by atoms with Crippen LogP contribution in [0.3, 0.4) is 0 Å². The predicted octanol–water partition coefficient (Wildman–Crippen LogP) is 4.69. The van der Waals surface area contributed by atoms with Crippen LogP contribution < -0.4 is 14.8 Å². The van der Waals surface area contributed by atoms with Gasteiger partial charge in [0.1, 0.15) is 12.3 Å². The van der Waals surface area contributed by atoms with Crippen molar-refractivity contribution in [1.82, 2.24) is 5.32 Å². The van der Waals surface area contributed by atoms with Crippen LogP contribution in [0.1, 0.15) is 21.5 Å². The molecule has 6 nitrogen and oxygen atoms in total. The van der Waals surface area contributed by atoms with Gasteiger partial charge in [0.25, 0.3) is 5.91 Å². The zero-order valence-corrected chi connectivity index (χ0v) is 17.9. The first-order valence-electron chi connectivity index (χ1n) is 9.48. The molecule has 0 bridgehead atoms. The number of hydrogen-bond acceptors (Lipinski definition) is 5. The average molecular weight is 480 g/mol. The minimum absolute atomic E-state index is 0.00977. The van der Waals surface area contributed by atoms with E-state index in [1.807, 2.05) is 30.3 Å². The number of esters is 1. The van der Waals surface area contributed by atoms with Crippen LogP contribution in [0.4, 0.5) is 0 Å². The van der Waals surface area contributed by atoms with Gasteiger partial charge in [-0.15, -0.1) is 0 Å². The van der Waals surface area contributed by atoms with E-state index in [9.17, 15) is 9.59 Å². The molecule has 0 unspecified atom stereocenters. The summed E-state index contributed by atoms with van der Waals surface area (Å²) in [6.07, 6.45) is 1.55. The van der Waals surface area contributed by atoms with Gasteiger partial charge in [0.05, 0.1) is 5.56 Å². The first kappa shape index (κ1) is 20.7. The third-order valence-corrected chi connectivity index (χ3v) is 5.20. The maximum atomic E-state index is 12.8. The Bertz CT molecular complexity index is 1140. The molecule has 0 radical (unpaired) electrons. The molecule has 0 spiro atoms. The highest BCUT2D eigenvalue weighted by Gasteiger charge is 2.19. The number of benzene rings is 3. The van der Waals surface area contributed by atoms with Crippen molar-refractivity contribution in [2.24, 2.45) is 0 Å². The SMILES string of the molecule is O=C(OCc1ccccc1)C(=Cc1ccc2c(c1)OCO2)NC(=O)c1ccccc1Br. The van der Waals surface area contributed by atoms with E-state index in [1.165, 1.54) is 0 Å². The van der Waals surface area contributed by atoms with Gasteiger partial charge in [-0.05, 0) is 57.4 Å². The molecule has 0 saturated carbocycles. The fraction of sp³-hybridized carbons (Fsp3) is 0.0833. The highest BCUT2D eigenvalue weighted by atomic mass is 79.9. The molecule has 1 aliphatic heterocycles. The predicted molar refractivity (Wildman–Crippen MR) is 118 cm³/mol. The van der Waals surface area contributed by atoms with Crippen LogP contribution in [0, 0.1) is 0 Å². The third-order valence-electron chi connectivity index (χ3n) is 4.51. The number of ether oxygens (including phenoxy) is 3. The summed E-state index contributed by atoms with van der Waals surface area (Å²) >= 11 is 3.36. The fourth-order valence-electron chi connectivity index (χ4n) is 2.95. The Morgan fingerprint density at radius 3 is 2.52 bits per heavy atom. The van der Waals surface area contributed by atoms with Gasteiger partial charge in [-0.25, -0.2) is 4.79 Å². The topological polar surface area (TPSA) is 73.9 Å². The van der Waals surface area contributed by atoms with Crippen LogP contribution in [-0.4, -0.2) is 18.7 Å². The number of nitrogens with one attached hydrogen (secondary N) is 1. The van der Waals surface area contributed by atoms with Crippen molar-refractivity contribution in [1.29, 1.82) is 0 Å². The van der Waals surface area contributed by atoms with Gasteiger partial charge in [-0.3, -0.25) is 4.79 Å². The smallest absolute Gasteiger partial charge is 0.355 e. The minimum Gasteiger partial charge on any atom is -0.456 e. The number of carbonyl (C=O) groups excluding carboxylic acids is 2.